The Morgan fingerprint density at radius 2 is 1.12 bits per heavy atom. The lowest BCUT2D eigenvalue weighted by Crippen LogP contribution is -2.07. The Kier molecular flexibility index (Phi) is 6.69. The molecule has 0 radical (unpaired) electrons. The highest BCUT2D eigenvalue weighted by Crippen LogP contribution is 2.32. The molecular formula is C27H22Cl2N2O. The Hall–Kier alpha value is -3.01. The summed E-state index contributed by atoms with van der Waals surface area (Å²) in [5, 5.41) is 0.835. The van der Waals surface area contributed by atoms with E-state index < -0.39 is 0 Å². The first-order valence-electron chi connectivity index (χ1n) is 10.5. The largest absolute Gasteiger partial charge is 0.289 e. The van der Waals surface area contributed by atoms with E-state index in [1.54, 1.807) is 24.5 Å². The first kappa shape index (κ1) is 22.2. The highest BCUT2D eigenvalue weighted by atomic mass is 35.5. The number of hydrogen-bond acceptors (Lipinski definition) is 3. The second-order valence-electron chi connectivity index (χ2n) is 7.54. The molecule has 5 heteroatoms. The molecule has 2 heterocycles. The van der Waals surface area contributed by atoms with Crippen LogP contribution < -0.4 is 0 Å². The van der Waals surface area contributed by atoms with E-state index >= 15 is 0 Å². The Morgan fingerprint density at radius 3 is 1.47 bits per heavy atom. The minimum absolute atomic E-state index is 0.0507. The van der Waals surface area contributed by atoms with Crippen LogP contribution in [0.1, 0.15) is 40.9 Å². The molecule has 0 aliphatic heterocycles. The molecule has 0 N–H and O–H groups in total. The molecule has 0 amide bonds. The van der Waals surface area contributed by atoms with Crippen LogP contribution in [0.4, 0.5) is 0 Å². The van der Waals surface area contributed by atoms with Crippen molar-refractivity contribution in [3.63, 3.8) is 0 Å². The van der Waals surface area contributed by atoms with Gasteiger partial charge in [-0.1, -0.05) is 73.4 Å². The van der Waals surface area contributed by atoms with Crippen LogP contribution in [0.3, 0.4) is 0 Å². The summed E-state index contributed by atoms with van der Waals surface area (Å²) in [7, 11) is 0. The zero-order valence-electron chi connectivity index (χ0n) is 17.9. The van der Waals surface area contributed by atoms with Gasteiger partial charge in [-0.3, -0.25) is 4.79 Å². The summed E-state index contributed by atoms with van der Waals surface area (Å²) in [6, 6.07) is 19.2. The molecule has 0 bridgehead atoms. The van der Waals surface area contributed by atoms with Crippen molar-refractivity contribution in [1.82, 2.24) is 9.97 Å². The maximum Gasteiger partial charge on any atom is 0.194 e. The van der Waals surface area contributed by atoms with Gasteiger partial charge in [-0.2, -0.15) is 0 Å². The van der Waals surface area contributed by atoms with Crippen molar-refractivity contribution in [2.24, 2.45) is 0 Å². The van der Waals surface area contributed by atoms with Crippen molar-refractivity contribution in [3.05, 3.63) is 106 Å². The van der Waals surface area contributed by atoms with E-state index in [4.69, 9.17) is 23.2 Å². The lowest BCUT2D eigenvalue weighted by molar-refractivity contribution is 0.104. The van der Waals surface area contributed by atoms with Crippen molar-refractivity contribution in [1.29, 1.82) is 0 Å². The minimum Gasteiger partial charge on any atom is -0.289 e. The predicted octanol–water partition coefficient (Wildman–Crippen LogP) is 7.47. The summed E-state index contributed by atoms with van der Waals surface area (Å²) in [6.07, 6.45) is 5.15. The molecule has 0 spiro atoms. The lowest BCUT2D eigenvalue weighted by atomic mass is 9.88. The van der Waals surface area contributed by atoms with Gasteiger partial charge in [0.15, 0.2) is 5.78 Å². The number of carbonyl (C=O) groups is 1. The number of halogens is 2. The minimum atomic E-state index is -0.0507. The van der Waals surface area contributed by atoms with Crippen molar-refractivity contribution in [2.75, 3.05) is 0 Å². The first-order valence-corrected chi connectivity index (χ1v) is 11.3. The van der Waals surface area contributed by atoms with Gasteiger partial charge in [0.1, 0.15) is 10.3 Å². The second kappa shape index (κ2) is 9.64. The summed E-state index contributed by atoms with van der Waals surface area (Å²) in [5.74, 6) is -0.0507. The molecule has 0 saturated carbocycles. The van der Waals surface area contributed by atoms with Gasteiger partial charge >= 0.3 is 0 Å². The molecule has 0 atom stereocenters. The van der Waals surface area contributed by atoms with Crippen molar-refractivity contribution in [3.8, 4) is 22.3 Å². The van der Waals surface area contributed by atoms with Crippen molar-refractivity contribution in [2.45, 2.75) is 26.7 Å². The Bertz CT molecular complexity index is 1170. The summed E-state index contributed by atoms with van der Waals surface area (Å²) in [4.78, 5) is 22.3. The van der Waals surface area contributed by atoms with Crippen molar-refractivity contribution < 1.29 is 4.79 Å². The molecule has 0 aliphatic carbocycles. The number of aromatic nitrogens is 2. The third-order valence-corrected chi connectivity index (χ3v) is 6.00. The molecule has 2 aromatic carbocycles. The SMILES string of the molecule is CCc1ccc(C(=O)c2ccc(CC)cc2-c2ccc(Cl)nc2)c(-c2ccc(Cl)nc2)c1. The van der Waals surface area contributed by atoms with Gasteiger partial charge in [0, 0.05) is 34.6 Å². The summed E-state index contributed by atoms with van der Waals surface area (Å²) in [5.41, 5.74) is 6.94. The number of benzene rings is 2. The van der Waals surface area contributed by atoms with Gasteiger partial charge in [-0.25, -0.2) is 9.97 Å². The number of rotatable bonds is 6. The van der Waals surface area contributed by atoms with Crippen LogP contribution >= 0.6 is 23.2 Å². The summed E-state index contributed by atoms with van der Waals surface area (Å²) in [6.45, 7) is 4.19. The molecule has 2 aromatic heterocycles. The Morgan fingerprint density at radius 1 is 0.688 bits per heavy atom. The molecule has 32 heavy (non-hydrogen) atoms. The fraction of sp³-hybridized carbons (Fsp3) is 0.148. The van der Waals surface area contributed by atoms with Crippen LogP contribution in [0, 0.1) is 0 Å². The lowest BCUT2D eigenvalue weighted by Gasteiger charge is -2.15. The molecule has 0 saturated heterocycles. The Labute approximate surface area is 198 Å². The first-order chi connectivity index (χ1) is 15.5. The molecule has 4 aromatic rings. The van der Waals surface area contributed by atoms with E-state index in [0.29, 0.717) is 21.4 Å². The van der Waals surface area contributed by atoms with E-state index in [9.17, 15) is 4.79 Å². The molecule has 0 aliphatic rings. The van der Waals surface area contributed by atoms with Crippen molar-refractivity contribution >= 4 is 29.0 Å². The number of pyridine rings is 2. The molecule has 0 unspecified atom stereocenters. The average Bonchev–Trinajstić information content (AvgIpc) is 2.84. The van der Waals surface area contributed by atoms with E-state index in [0.717, 1.165) is 46.2 Å². The normalized spacial score (nSPS) is 10.9. The van der Waals surface area contributed by atoms with Gasteiger partial charge in [0.2, 0.25) is 0 Å². The summed E-state index contributed by atoms with van der Waals surface area (Å²) < 4.78 is 0. The van der Waals surface area contributed by atoms with E-state index in [1.165, 1.54) is 0 Å². The van der Waals surface area contributed by atoms with E-state index in [-0.39, 0.29) is 5.78 Å². The van der Waals surface area contributed by atoms with E-state index in [2.05, 4.69) is 35.9 Å². The average molecular weight is 461 g/mol. The zero-order valence-corrected chi connectivity index (χ0v) is 19.4. The summed E-state index contributed by atoms with van der Waals surface area (Å²) >= 11 is 12.0. The fourth-order valence-electron chi connectivity index (χ4n) is 3.71. The molecule has 0 fully saturated rings. The van der Waals surface area contributed by atoms with Gasteiger partial charge in [-0.05, 0) is 59.4 Å². The molecule has 3 nitrogen and oxygen atoms in total. The topological polar surface area (TPSA) is 42.9 Å². The van der Waals surface area contributed by atoms with Gasteiger partial charge in [0.05, 0.1) is 0 Å². The van der Waals surface area contributed by atoms with E-state index in [1.807, 2.05) is 36.4 Å². The maximum atomic E-state index is 13.9. The predicted molar refractivity (Wildman–Crippen MR) is 132 cm³/mol. The van der Waals surface area contributed by atoms with Crippen LogP contribution in [0.15, 0.2) is 73.1 Å². The molecule has 160 valence electrons. The number of nitrogens with zero attached hydrogens (tertiary/aromatic N) is 2. The quantitative estimate of drug-likeness (QED) is 0.221. The molecule has 4 rings (SSSR count). The van der Waals surface area contributed by atoms with Gasteiger partial charge < -0.3 is 0 Å². The zero-order chi connectivity index (χ0) is 22.7. The number of ketones is 1. The van der Waals surface area contributed by atoms with Crippen LogP contribution in [-0.2, 0) is 12.8 Å². The second-order valence-corrected chi connectivity index (χ2v) is 8.31. The number of aryl methyl sites for hydroxylation is 2. The van der Waals surface area contributed by atoms with Gasteiger partial charge in [0.25, 0.3) is 0 Å². The maximum absolute atomic E-state index is 13.9. The third kappa shape index (κ3) is 4.59. The third-order valence-electron chi connectivity index (χ3n) is 5.55. The van der Waals surface area contributed by atoms with Crippen LogP contribution in [0.25, 0.3) is 22.3 Å². The van der Waals surface area contributed by atoms with Crippen LogP contribution in [0.5, 0.6) is 0 Å². The monoisotopic (exact) mass is 460 g/mol. The standard InChI is InChI=1S/C27H22Cl2N2O/c1-3-17-5-9-21(23(13-17)19-7-11-25(28)30-15-19)27(32)22-10-6-18(4-2)14-24(22)20-8-12-26(29)31-16-20/h5-16H,3-4H2,1-2H3. The van der Waals surface area contributed by atoms with Gasteiger partial charge in [-0.15, -0.1) is 0 Å². The smallest absolute Gasteiger partial charge is 0.194 e. The van der Waals surface area contributed by atoms with Crippen LogP contribution in [-0.4, -0.2) is 15.8 Å². The van der Waals surface area contributed by atoms with Crippen LogP contribution in [0.2, 0.25) is 10.3 Å². The fourth-order valence-corrected chi connectivity index (χ4v) is 3.94. The number of carbonyl (C=O) groups excluding carboxylic acids is 1. The highest BCUT2D eigenvalue weighted by Gasteiger charge is 2.20. The Balaban J connectivity index is 1.88. The number of hydrogen-bond donors (Lipinski definition) is 0. The highest BCUT2D eigenvalue weighted by molar-refractivity contribution is 6.29. The molecular weight excluding hydrogens is 439 g/mol.